The third-order valence-electron chi connectivity index (χ3n) is 2.00. The van der Waals surface area contributed by atoms with E-state index in [4.69, 9.17) is 0 Å². The summed E-state index contributed by atoms with van der Waals surface area (Å²) in [6.07, 6.45) is 4.36. The van der Waals surface area contributed by atoms with E-state index in [1.807, 2.05) is 0 Å². The van der Waals surface area contributed by atoms with E-state index in [1.54, 1.807) is 6.07 Å². The number of hydrogen-bond acceptors (Lipinski definition) is 5. The van der Waals surface area contributed by atoms with Crippen molar-refractivity contribution in [2.45, 2.75) is 0 Å². The fourth-order valence-electron chi connectivity index (χ4n) is 1.24. The van der Waals surface area contributed by atoms with Crippen LogP contribution < -0.4 is 0 Å². The average Bonchev–Trinajstić information content (AvgIpc) is 2.77. The largest absolute Gasteiger partial charge is 0.493 e. The summed E-state index contributed by atoms with van der Waals surface area (Å²) < 4.78 is 6.01. The summed E-state index contributed by atoms with van der Waals surface area (Å²) >= 11 is 0. The maximum absolute atomic E-state index is 11.2. The van der Waals surface area contributed by atoms with Gasteiger partial charge in [0.05, 0.1) is 24.6 Å². The molecule has 6 heteroatoms. The van der Waals surface area contributed by atoms with Gasteiger partial charge in [-0.25, -0.2) is 14.5 Å². The van der Waals surface area contributed by atoms with Crippen molar-refractivity contribution in [1.29, 1.82) is 0 Å². The second-order valence-electron chi connectivity index (χ2n) is 3.04. The predicted molar refractivity (Wildman–Crippen MR) is 54.4 cm³/mol. The van der Waals surface area contributed by atoms with E-state index >= 15 is 0 Å². The van der Waals surface area contributed by atoms with Crippen LogP contribution in [0, 0.1) is 0 Å². The van der Waals surface area contributed by atoms with Crippen LogP contribution in [0.2, 0.25) is 0 Å². The van der Waals surface area contributed by atoms with Crippen molar-refractivity contribution in [3.8, 4) is 11.6 Å². The van der Waals surface area contributed by atoms with Crippen LogP contribution in [-0.2, 0) is 4.74 Å². The van der Waals surface area contributed by atoms with E-state index in [-0.39, 0.29) is 5.88 Å². The van der Waals surface area contributed by atoms with E-state index in [0.29, 0.717) is 11.3 Å². The van der Waals surface area contributed by atoms with Crippen molar-refractivity contribution >= 4 is 5.97 Å². The predicted octanol–water partition coefficient (Wildman–Crippen LogP) is 0.759. The standard InChI is InChI=1S/C10H9N3O3/c1-16-10(15)7-5-12-13(6-7)8-2-3-11-9(14)4-8/h2-6H,1H3,(H,11,14). The minimum Gasteiger partial charge on any atom is -0.493 e. The maximum atomic E-state index is 11.2. The quantitative estimate of drug-likeness (QED) is 0.754. The first-order chi connectivity index (χ1) is 7.70. The zero-order valence-electron chi connectivity index (χ0n) is 8.49. The molecule has 0 radical (unpaired) electrons. The number of hydrogen-bond donors (Lipinski definition) is 1. The van der Waals surface area contributed by atoms with Crippen molar-refractivity contribution in [1.82, 2.24) is 14.8 Å². The second-order valence-corrected chi connectivity index (χ2v) is 3.04. The van der Waals surface area contributed by atoms with Gasteiger partial charge in [-0.3, -0.25) is 0 Å². The molecular formula is C10H9N3O3. The number of pyridine rings is 1. The van der Waals surface area contributed by atoms with Gasteiger partial charge in [0.25, 0.3) is 0 Å². The molecule has 16 heavy (non-hydrogen) atoms. The summed E-state index contributed by atoms with van der Waals surface area (Å²) in [7, 11) is 1.30. The van der Waals surface area contributed by atoms with Gasteiger partial charge < -0.3 is 9.84 Å². The van der Waals surface area contributed by atoms with Gasteiger partial charge in [0.2, 0.25) is 5.88 Å². The maximum Gasteiger partial charge on any atom is 0.341 e. The summed E-state index contributed by atoms with van der Waals surface area (Å²) in [6.45, 7) is 0. The normalized spacial score (nSPS) is 10.1. The van der Waals surface area contributed by atoms with Crippen LogP contribution in [0.3, 0.4) is 0 Å². The smallest absolute Gasteiger partial charge is 0.341 e. The van der Waals surface area contributed by atoms with Crippen molar-refractivity contribution in [2.24, 2.45) is 0 Å². The molecule has 2 heterocycles. The Kier molecular flexibility index (Phi) is 2.55. The molecule has 0 spiro atoms. The highest BCUT2D eigenvalue weighted by Crippen LogP contribution is 2.12. The van der Waals surface area contributed by atoms with Gasteiger partial charge in [0.15, 0.2) is 0 Å². The molecule has 0 bridgehead atoms. The molecule has 0 aliphatic carbocycles. The minimum atomic E-state index is -0.454. The molecule has 6 nitrogen and oxygen atoms in total. The molecule has 0 unspecified atom stereocenters. The van der Waals surface area contributed by atoms with Gasteiger partial charge in [-0.15, -0.1) is 0 Å². The molecule has 1 N–H and O–H groups in total. The van der Waals surface area contributed by atoms with E-state index in [0.717, 1.165) is 0 Å². The first kappa shape index (κ1) is 10.2. The van der Waals surface area contributed by atoms with Gasteiger partial charge >= 0.3 is 5.97 Å². The molecule has 0 aromatic carbocycles. The lowest BCUT2D eigenvalue weighted by molar-refractivity contribution is 0.0600. The molecule has 0 fully saturated rings. The third kappa shape index (κ3) is 1.85. The number of ether oxygens (including phenoxy) is 1. The SMILES string of the molecule is COC(=O)c1cnn(-c2ccnc(O)c2)c1. The van der Waals surface area contributed by atoms with Crippen LogP contribution in [0.25, 0.3) is 5.69 Å². The molecule has 0 atom stereocenters. The van der Waals surface area contributed by atoms with Crippen molar-refractivity contribution in [2.75, 3.05) is 7.11 Å². The summed E-state index contributed by atoms with van der Waals surface area (Å²) in [5.41, 5.74) is 0.960. The topological polar surface area (TPSA) is 77.2 Å². The molecule has 2 aromatic rings. The van der Waals surface area contributed by atoms with Gasteiger partial charge in [-0.2, -0.15) is 5.10 Å². The minimum absolute atomic E-state index is 0.104. The number of carbonyl (C=O) groups is 1. The Bertz CT molecular complexity index is 522. The average molecular weight is 219 g/mol. The summed E-state index contributed by atoms with van der Waals surface area (Å²) in [5, 5.41) is 13.2. The highest BCUT2D eigenvalue weighted by Gasteiger charge is 2.09. The fourth-order valence-corrected chi connectivity index (χ4v) is 1.24. The first-order valence-corrected chi connectivity index (χ1v) is 4.49. The van der Waals surface area contributed by atoms with E-state index in [1.165, 1.54) is 36.4 Å². The van der Waals surface area contributed by atoms with Crippen molar-refractivity contribution in [3.05, 3.63) is 36.3 Å². The Hall–Kier alpha value is -2.37. The summed E-state index contributed by atoms with van der Waals surface area (Å²) in [6, 6.07) is 3.10. The fraction of sp³-hybridized carbons (Fsp3) is 0.100. The molecule has 2 rings (SSSR count). The lowest BCUT2D eigenvalue weighted by atomic mass is 10.3. The van der Waals surface area contributed by atoms with E-state index in [9.17, 15) is 9.90 Å². The summed E-state index contributed by atoms with van der Waals surface area (Å²) in [5.74, 6) is -0.558. The molecule has 2 aromatic heterocycles. The second kappa shape index (κ2) is 4.01. The molecule has 0 amide bonds. The highest BCUT2D eigenvalue weighted by molar-refractivity contribution is 5.88. The van der Waals surface area contributed by atoms with Crippen LogP contribution >= 0.6 is 0 Å². The molecule has 82 valence electrons. The van der Waals surface area contributed by atoms with Crippen LogP contribution in [-0.4, -0.2) is 33.0 Å². The zero-order valence-corrected chi connectivity index (χ0v) is 8.49. The summed E-state index contributed by atoms with van der Waals surface area (Å²) in [4.78, 5) is 14.8. The Morgan fingerprint density at radius 2 is 2.38 bits per heavy atom. The third-order valence-corrected chi connectivity index (χ3v) is 2.00. The van der Waals surface area contributed by atoms with Gasteiger partial charge in [-0.05, 0) is 6.07 Å². The van der Waals surface area contributed by atoms with Gasteiger partial charge in [0.1, 0.15) is 0 Å². The monoisotopic (exact) mass is 219 g/mol. The lowest BCUT2D eigenvalue weighted by Crippen LogP contribution is -1.99. The number of nitrogens with zero attached hydrogens (tertiary/aromatic N) is 3. The number of carbonyl (C=O) groups excluding carboxylic acids is 1. The van der Waals surface area contributed by atoms with E-state index < -0.39 is 5.97 Å². The Morgan fingerprint density at radius 1 is 1.56 bits per heavy atom. The highest BCUT2D eigenvalue weighted by atomic mass is 16.5. The number of esters is 1. The number of aromatic nitrogens is 3. The Balaban J connectivity index is 2.35. The molecule has 0 aliphatic heterocycles. The van der Waals surface area contributed by atoms with Crippen LogP contribution in [0.15, 0.2) is 30.7 Å². The zero-order chi connectivity index (χ0) is 11.5. The van der Waals surface area contributed by atoms with Crippen LogP contribution in [0.4, 0.5) is 0 Å². The van der Waals surface area contributed by atoms with Crippen LogP contribution in [0.1, 0.15) is 10.4 Å². The van der Waals surface area contributed by atoms with Gasteiger partial charge in [0, 0.05) is 18.5 Å². The number of methoxy groups -OCH3 is 1. The van der Waals surface area contributed by atoms with Crippen LogP contribution in [0.5, 0.6) is 5.88 Å². The Morgan fingerprint density at radius 3 is 3.06 bits per heavy atom. The first-order valence-electron chi connectivity index (χ1n) is 4.49. The molecule has 0 saturated heterocycles. The molecule has 0 aliphatic rings. The van der Waals surface area contributed by atoms with Crippen molar-refractivity contribution < 1.29 is 14.6 Å². The molecular weight excluding hydrogens is 210 g/mol. The Labute approximate surface area is 91.1 Å². The number of aromatic hydroxyl groups is 1. The number of rotatable bonds is 2. The van der Waals surface area contributed by atoms with E-state index in [2.05, 4.69) is 14.8 Å². The molecule has 0 saturated carbocycles. The lowest BCUT2D eigenvalue weighted by Gasteiger charge is -2.00. The van der Waals surface area contributed by atoms with Gasteiger partial charge in [-0.1, -0.05) is 0 Å². The van der Waals surface area contributed by atoms with Crippen molar-refractivity contribution in [3.63, 3.8) is 0 Å².